The lowest BCUT2D eigenvalue weighted by molar-refractivity contribution is -0.250. The van der Waals surface area contributed by atoms with Crippen molar-refractivity contribution in [1.29, 1.82) is 0 Å². The van der Waals surface area contributed by atoms with Crippen LogP contribution in [-0.2, 0) is 18.9 Å². The molecule has 0 aliphatic carbocycles. The molecule has 0 spiro atoms. The molecule has 2 rings (SSSR count). The van der Waals surface area contributed by atoms with Crippen molar-refractivity contribution in [2.24, 2.45) is 22.9 Å². The van der Waals surface area contributed by atoms with E-state index >= 15 is 0 Å². The fourth-order valence-corrected chi connectivity index (χ4v) is 4.24. The van der Waals surface area contributed by atoms with E-state index < -0.39 is 85.6 Å². The van der Waals surface area contributed by atoms with Crippen molar-refractivity contribution < 1.29 is 49.6 Å². The van der Waals surface area contributed by atoms with Crippen LogP contribution in [0.3, 0.4) is 0 Å². The smallest absolute Gasteiger partial charge is 0.135 e. The summed E-state index contributed by atoms with van der Waals surface area (Å²) < 4.78 is 22.5. The molecule has 0 bridgehead atoms. The Labute approximate surface area is 205 Å². The standard InChI is InChI=1S/C21H44N4O10/c1-8(10(22)6-26)32-18-16(30)14(28)12(34-20(18)24)4-3-5-13-15(29)17(31)19(21(25)35-13)33-9(2)11(23)7-27/h8-21,26-31H,3-7,22-25H2,1-2H3. The monoisotopic (exact) mass is 512 g/mol. The van der Waals surface area contributed by atoms with Crippen LogP contribution >= 0.6 is 0 Å². The molecule has 0 saturated carbocycles. The normalized spacial score (nSPS) is 41.8. The Kier molecular flexibility index (Phi) is 12.1. The van der Waals surface area contributed by atoms with Gasteiger partial charge >= 0.3 is 0 Å². The molecule has 0 amide bonds. The summed E-state index contributed by atoms with van der Waals surface area (Å²) >= 11 is 0. The predicted molar refractivity (Wildman–Crippen MR) is 122 cm³/mol. The Hall–Kier alpha value is -0.560. The molecular weight excluding hydrogens is 468 g/mol. The summed E-state index contributed by atoms with van der Waals surface area (Å²) in [6, 6.07) is -1.37. The first-order valence-electron chi connectivity index (χ1n) is 12.0. The summed E-state index contributed by atoms with van der Waals surface area (Å²) in [7, 11) is 0. The first-order chi connectivity index (χ1) is 16.4. The Morgan fingerprint density at radius 1 is 0.686 bits per heavy atom. The molecule has 2 saturated heterocycles. The highest BCUT2D eigenvalue weighted by molar-refractivity contribution is 4.94. The number of aliphatic hydroxyl groups is 6. The number of hydrogen-bond donors (Lipinski definition) is 10. The van der Waals surface area contributed by atoms with E-state index in [2.05, 4.69) is 0 Å². The van der Waals surface area contributed by atoms with Gasteiger partial charge in [0.25, 0.3) is 0 Å². The highest BCUT2D eigenvalue weighted by Crippen LogP contribution is 2.29. The minimum Gasteiger partial charge on any atom is -0.395 e. The van der Waals surface area contributed by atoms with Crippen LogP contribution in [0.25, 0.3) is 0 Å². The molecule has 14 heteroatoms. The van der Waals surface area contributed by atoms with Crippen LogP contribution in [0.5, 0.6) is 0 Å². The minimum atomic E-state index is -1.34. The highest BCUT2D eigenvalue weighted by Gasteiger charge is 2.46. The van der Waals surface area contributed by atoms with Crippen LogP contribution in [0.2, 0.25) is 0 Å². The van der Waals surface area contributed by atoms with Crippen molar-refractivity contribution in [3.05, 3.63) is 0 Å². The molecular formula is C21H44N4O10. The maximum Gasteiger partial charge on any atom is 0.135 e. The topological polar surface area (TPSA) is 262 Å². The average molecular weight is 513 g/mol. The summed E-state index contributed by atoms with van der Waals surface area (Å²) in [5, 5.41) is 60.3. The van der Waals surface area contributed by atoms with Gasteiger partial charge in [-0.1, -0.05) is 0 Å². The molecule has 0 radical (unpaired) electrons. The molecule has 14 N–H and O–H groups in total. The van der Waals surface area contributed by atoms with E-state index in [0.717, 1.165) is 0 Å². The van der Waals surface area contributed by atoms with Gasteiger partial charge in [-0.05, 0) is 33.1 Å². The first kappa shape index (κ1) is 30.7. The predicted octanol–water partition coefficient (Wildman–Crippen LogP) is -4.85. The van der Waals surface area contributed by atoms with Crippen molar-refractivity contribution in [1.82, 2.24) is 0 Å². The first-order valence-corrected chi connectivity index (χ1v) is 12.0. The van der Waals surface area contributed by atoms with E-state index in [0.29, 0.717) is 6.42 Å². The Morgan fingerprint density at radius 3 is 1.34 bits per heavy atom. The van der Waals surface area contributed by atoms with E-state index in [1.54, 1.807) is 13.8 Å². The van der Waals surface area contributed by atoms with Crippen molar-refractivity contribution in [3.63, 3.8) is 0 Å². The van der Waals surface area contributed by atoms with E-state index in [1.807, 2.05) is 0 Å². The van der Waals surface area contributed by atoms with Gasteiger partial charge in [-0.3, -0.25) is 0 Å². The van der Waals surface area contributed by atoms with Gasteiger partial charge in [-0.15, -0.1) is 0 Å². The van der Waals surface area contributed by atoms with Gasteiger partial charge in [0.1, 0.15) is 49.1 Å². The van der Waals surface area contributed by atoms with Crippen molar-refractivity contribution in [3.8, 4) is 0 Å². The SMILES string of the molecule is CC(OC1C(N)OC(CCCC2OC(N)C(OC(C)C(N)CO)C(O)C2O)C(O)C1O)C(N)CO. The average Bonchev–Trinajstić information content (AvgIpc) is 2.83. The Balaban J connectivity index is 1.86. The summed E-state index contributed by atoms with van der Waals surface area (Å²) in [6.07, 6.45) is -11.4. The molecule has 35 heavy (non-hydrogen) atoms. The van der Waals surface area contributed by atoms with E-state index in [-0.39, 0.29) is 26.1 Å². The lowest BCUT2D eigenvalue weighted by atomic mass is 9.91. The Morgan fingerprint density at radius 2 is 1.03 bits per heavy atom. The van der Waals surface area contributed by atoms with Gasteiger partial charge in [0, 0.05) is 0 Å². The lowest BCUT2D eigenvalue weighted by Crippen LogP contribution is -2.63. The van der Waals surface area contributed by atoms with E-state index in [4.69, 9.17) is 52.1 Å². The summed E-state index contributed by atoms with van der Waals surface area (Å²) in [5.41, 5.74) is 23.4. The van der Waals surface area contributed by atoms with Gasteiger partial charge in [-0.2, -0.15) is 0 Å². The van der Waals surface area contributed by atoms with Gasteiger partial charge < -0.3 is 72.5 Å². The molecule has 0 aromatic heterocycles. The number of nitrogens with two attached hydrogens (primary N) is 4. The van der Waals surface area contributed by atoms with Crippen LogP contribution in [0, 0.1) is 0 Å². The molecule has 14 atom stereocenters. The quantitative estimate of drug-likeness (QED) is 0.118. The lowest BCUT2D eigenvalue weighted by Gasteiger charge is -2.43. The molecule has 2 heterocycles. The second-order valence-corrected chi connectivity index (χ2v) is 9.48. The number of rotatable bonds is 12. The van der Waals surface area contributed by atoms with Crippen LogP contribution in [0.4, 0.5) is 0 Å². The zero-order chi connectivity index (χ0) is 26.4. The van der Waals surface area contributed by atoms with Gasteiger partial charge in [0.05, 0.1) is 49.7 Å². The minimum absolute atomic E-state index is 0.268. The fourth-order valence-electron chi connectivity index (χ4n) is 4.24. The third-order valence-electron chi connectivity index (χ3n) is 6.79. The number of hydrogen-bond acceptors (Lipinski definition) is 14. The van der Waals surface area contributed by atoms with Crippen molar-refractivity contribution >= 4 is 0 Å². The third-order valence-corrected chi connectivity index (χ3v) is 6.79. The van der Waals surface area contributed by atoms with Crippen LogP contribution < -0.4 is 22.9 Å². The Bertz CT molecular complexity index is 575. The number of ether oxygens (including phenoxy) is 4. The molecule has 14 nitrogen and oxygen atoms in total. The van der Waals surface area contributed by atoms with Crippen LogP contribution in [0.15, 0.2) is 0 Å². The summed E-state index contributed by atoms with van der Waals surface area (Å²) in [5.74, 6) is 0. The molecule has 0 aromatic carbocycles. The second-order valence-electron chi connectivity index (χ2n) is 9.48. The van der Waals surface area contributed by atoms with Gasteiger partial charge in [-0.25, -0.2) is 0 Å². The molecule has 2 aliphatic heterocycles. The molecule has 2 fully saturated rings. The maximum absolute atomic E-state index is 10.5. The molecule has 0 aromatic rings. The van der Waals surface area contributed by atoms with Gasteiger partial charge in [0.15, 0.2) is 0 Å². The second kappa shape index (κ2) is 13.8. The third kappa shape index (κ3) is 7.72. The van der Waals surface area contributed by atoms with Crippen molar-refractivity contribution in [2.45, 2.75) is 119 Å². The summed E-state index contributed by atoms with van der Waals surface area (Å²) in [4.78, 5) is 0. The fraction of sp³-hybridized carbons (Fsp3) is 1.00. The van der Waals surface area contributed by atoms with Crippen LogP contribution in [-0.4, -0.2) is 129 Å². The molecule has 208 valence electrons. The summed E-state index contributed by atoms with van der Waals surface area (Å²) in [6.45, 7) is 2.59. The molecule has 14 unspecified atom stereocenters. The maximum atomic E-state index is 10.5. The zero-order valence-corrected chi connectivity index (χ0v) is 20.2. The highest BCUT2D eigenvalue weighted by atomic mass is 16.6. The van der Waals surface area contributed by atoms with Crippen LogP contribution in [0.1, 0.15) is 33.1 Å². The zero-order valence-electron chi connectivity index (χ0n) is 20.2. The van der Waals surface area contributed by atoms with E-state index in [9.17, 15) is 20.4 Å². The molecule has 2 aliphatic rings. The van der Waals surface area contributed by atoms with Crippen molar-refractivity contribution in [2.75, 3.05) is 13.2 Å². The van der Waals surface area contributed by atoms with Gasteiger partial charge in [0.2, 0.25) is 0 Å². The van der Waals surface area contributed by atoms with E-state index in [1.165, 1.54) is 0 Å². The largest absolute Gasteiger partial charge is 0.395 e. The number of aliphatic hydroxyl groups excluding tert-OH is 6.